The average molecular weight is 292 g/mol. The number of benzene rings is 1. The van der Waals surface area contributed by atoms with Gasteiger partial charge in [-0.1, -0.05) is 45.1 Å². The SMILES string of the molecule is CCCCCCCCOC(=O)/C=C/c1ccc(O)c(O)c1. The quantitative estimate of drug-likeness (QED) is 0.312. The van der Waals surface area contributed by atoms with E-state index >= 15 is 0 Å². The fraction of sp³-hybridized carbons (Fsp3) is 0.471. The molecule has 0 unspecified atom stereocenters. The zero-order valence-electron chi connectivity index (χ0n) is 12.5. The maximum atomic E-state index is 11.5. The van der Waals surface area contributed by atoms with Gasteiger partial charge in [0.05, 0.1) is 6.61 Å². The molecule has 21 heavy (non-hydrogen) atoms. The fourth-order valence-corrected chi connectivity index (χ4v) is 1.91. The Labute approximate surface area is 126 Å². The number of esters is 1. The number of unbranched alkanes of at least 4 members (excludes halogenated alkanes) is 5. The lowest BCUT2D eigenvalue weighted by Crippen LogP contribution is -2.02. The topological polar surface area (TPSA) is 66.8 Å². The molecule has 0 radical (unpaired) electrons. The first-order valence-corrected chi connectivity index (χ1v) is 7.50. The van der Waals surface area contributed by atoms with Crippen LogP contribution in [-0.4, -0.2) is 22.8 Å². The minimum Gasteiger partial charge on any atom is -0.504 e. The standard InChI is InChI=1S/C17H24O4/c1-2-3-4-5-6-7-12-21-17(20)11-9-14-8-10-15(18)16(19)13-14/h8-11,13,18-19H,2-7,12H2,1H3/b11-9+. The van der Waals surface area contributed by atoms with E-state index in [-0.39, 0.29) is 11.5 Å². The molecule has 0 amide bonds. The maximum absolute atomic E-state index is 11.5. The van der Waals surface area contributed by atoms with E-state index in [4.69, 9.17) is 4.74 Å². The first kappa shape index (κ1) is 17.1. The van der Waals surface area contributed by atoms with E-state index < -0.39 is 5.97 Å². The number of ether oxygens (including phenoxy) is 1. The van der Waals surface area contributed by atoms with Crippen LogP contribution < -0.4 is 0 Å². The smallest absolute Gasteiger partial charge is 0.330 e. The summed E-state index contributed by atoms with van der Waals surface area (Å²) >= 11 is 0. The van der Waals surface area contributed by atoms with Gasteiger partial charge in [-0.2, -0.15) is 0 Å². The van der Waals surface area contributed by atoms with Crippen LogP contribution in [-0.2, 0) is 9.53 Å². The third kappa shape index (κ3) is 7.40. The normalized spacial score (nSPS) is 10.9. The molecule has 0 aromatic heterocycles. The Bertz CT molecular complexity index is 466. The molecule has 0 aliphatic rings. The Kier molecular flexibility index (Phi) is 8.02. The highest BCUT2D eigenvalue weighted by molar-refractivity contribution is 5.87. The molecule has 0 saturated heterocycles. The lowest BCUT2D eigenvalue weighted by atomic mass is 10.1. The fourth-order valence-electron chi connectivity index (χ4n) is 1.91. The molecule has 1 aromatic carbocycles. The Balaban J connectivity index is 2.21. The van der Waals surface area contributed by atoms with Crippen LogP contribution in [0.5, 0.6) is 11.5 Å². The number of carbonyl (C=O) groups is 1. The van der Waals surface area contributed by atoms with Crippen molar-refractivity contribution in [2.75, 3.05) is 6.61 Å². The van der Waals surface area contributed by atoms with Crippen LogP contribution in [0.3, 0.4) is 0 Å². The molecule has 0 aliphatic heterocycles. The second-order valence-electron chi connectivity index (χ2n) is 5.02. The maximum Gasteiger partial charge on any atom is 0.330 e. The number of hydrogen-bond acceptors (Lipinski definition) is 4. The van der Waals surface area contributed by atoms with Gasteiger partial charge in [-0.05, 0) is 30.2 Å². The Morgan fingerprint density at radius 1 is 1.10 bits per heavy atom. The number of phenolic OH excluding ortho intramolecular Hbond substituents is 2. The van der Waals surface area contributed by atoms with Crippen LogP contribution in [0.4, 0.5) is 0 Å². The average Bonchev–Trinajstić information content (AvgIpc) is 2.47. The minimum atomic E-state index is -0.392. The van der Waals surface area contributed by atoms with Crippen molar-refractivity contribution in [2.45, 2.75) is 45.4 Å². The number of aromatic hydroxyl groups is 2. The summed E-state index contributed by atoms with van der Waals surface area (Å²) in [5.41, 5.74) is 0.627. The zero-order valence-corrected chi connectivity index (χ0v) is 12.5. The molecule has 0 bridgehead atoms. The number of hydrogen-bond donors (Lipinski definition) is 2. The molecule has 4 heteroatoms. The van der Waals surface area contributed by atoms with E-state index in [1.54, 1.807) is 12.1 Å². The van der Waals surface area contributed by atoms with Crippen molar-refractivity contribution in [1.82, 2.24) is 0 Å². The molecule has 1 rings (SSSR count). The predicted octanol–water partition coefficient (Wildman–Crippen LogP) is 4.01. The van der Waals surface area contributed by atoms with E-state index in [2.05, 4.69) is 6.92 Å². The van der Waals surface area contributed by atoms with Crippen LogP contribution in [0, 0.1) is 0 Å². The number of carbonyl (C=O) groups excluding carboxylic acids is 1. The molecule has 1 aromatic rings. The molecule has 0 aliphatic carbocycles. The molecule has 2 N–H and O–H groups in total. The van der Waals surface area contributed by atoms with E-state index in [1.165, 1.54) is 43.9 Å². The van der Waals surface area contributed by atoms with Crippen molar-refractivity contribution in [3.8, 4) is 11.5 Å². The van der Waals surface area contributed by atoms with E-state index in [1.807, 2.05) is 0 Å². The molecule has 0 heterocycles. The van der Waals surface area contributed by atoms with Gasteiger partial charge in [0.2, 0.25) is 0 Å². The molecular formula is C17H24O4. The second kappa shape index (κ2) is 9.86. The van der Waals surface area contributed by atoms with Gasteiger partial charge in [0.15, 0.2) is 11.5 Å². The summed E-state index contributed by atoms with van der Waals surface area (Å²) in [5.74, 6) is -0.786. The zero-order chi connectivity index (χ0) is 15.5. The Hall–Kier alpha value is -1.97. The first-order chi connectivity index (χ1) is 10.1. The van der Waals surface area contributed by atoms with Gasteiger partial charge in [0, 0.05) is 6.08 Å². The lowest BCUT2D eigenvalue weighted by Gasteiger charge is -2.02. The van der Waals surface area contributed by atoms with E-state index in [9.17, 15) is 15.0 Å². The number of rotatable bonds is 9. The van der Waals surface area contributed by atoms with Gasteiger partial charge in [-0.15, -0.1) is 0 Å². The van der Waals surface area contributed by atoms with Crippen LogP contribution in [0.1, 0.15) is 51.0 Å². The van der Waals surface area contributed by atoms with Crippen LogP contribution in [0.25, 0.3) is 6.08 Å². The van der Waals surface area contributed by atoms with Crippen molar-refractivity contribution in [2.24, 2.45) is 0 Å². The molecule has 0 saturated carbocycles. The molecule has 4 nitrogen and oxygen atoms in total. The summed E-state index contributed by atoms with van der Waals surface area (Å²) in [7, 11) is 0. The number of phenols is 2. The second-order valence-corrected chi connectivity index (χ2v) is 5.02. The van der Waals surface area contributed by atoms with Crippen molar-refractivity contribution < 1.29 is 19.7 Å². The van der Waals surface area contributed by atoms with Crippen molar-refractivity contribution >= 4 is 12.0 Å². The molecule has 0 atom stereocenters. The first-order valence-electron chi connectivity index (χ1n) is 7.50. The van der Waals surface area contributed by atoms with Gasteiger partial charge in [0.25, 0.3) is 0 Å². The lowest BCUT2D eigenvalue weighted by molar-refractivity contribution is -0.137. The van der Waals surface area contributed by atoms with Crippen molar-refractivity contribution in [3.05, 3.63) is 29.8 Å². The summed E-state index contributed by atoms with van der Waals surface area (Å²) in [6, 6.07) is 4.36. The highest BCUT2D eigenvalue weighted by atomic mass is 16.5. The molecular weight excluding hydrogens is 268 g/mol. The third-order valence-electron chi connectivity index (χ3n) is 3.15. The highest BCUT2D eigenvalue weighted by Crippen LogP contribution is 2.25. The van der Waals surface area contributed by atoms with Crippen LogP contribution >= 0.6 is 0 Å². The summed E-state index contributed by atoms with van der Waals surface area (Å²) < 4.78 is 5.09. The summed E-state index contributed by atoms with van der Waals surface area (Å²) in [5, 5.41) is 18.5. The van der Waals surface area contributed by atoms with Crippen LogP contribution in [0.15, 0.2) is 24.3 Å². The molecule has 0 fully saturated rings. The van der Waals surface area contributed by atoms with E-state index in [0.29, 0.717) is 12.2 Å². The van der Waals surface area contributed by atoms with Crippen molar-refractivity contribution in [1.29, 1.82) is 0 Å². The molecule has 0 spiro atoms. The van der Waals surface area contributed by atoms with Crippen LogP contribution in [0.2, 0.25) is 0 Å². The summed E-state index contributed by atoms with van der Waals surface area (Å²) in [4.78, 5) is 11.5. The molecule has 116 valence electrons. The van der Waals surface area contributed by atoms with Crippen molar-refractivity contribution in [3.63, 3.8) is 0 Å². The Morgan fingerprint density at radius 3 is 2.52 bits per heavy atom. The summed E-state index contributed by atoms with van der Waals surface area (Å²) in [6.45, 7) is 2.62. The minimum absolute atomic E-state index is 0.183. The van der Waals surface area contributed by atoms with Gasteiger partial charge in [-0.3, -0.25) is 0 Å². The highest BCUT2D eigenvalue weighted by Gasteiger charge is 2.00. The van der Waals surface area contributed by atoms with Gasteiger partial charge < -0.3 is 14.9 Å². The van der Waals surface area contributed by atoms with E-state index in [0.717, 1.165) is 12.8 Å². The Morgan fingerprint density at radius 2 is 1.81 bits per heavy atom. The largest absolute Gasteiger partial charge is 0.504 e. The monoisotopic (exact) mass is 292 g/mol. The third-order valence-corrected chi connectivity index (χ3v) is 3.15. The van der Waals surface area contributed by atoms with Gasteiger partial charge >= 0.3 is 5.97 Å². The summed E-state index contributed by atoms with van der Waals surface area (Å²) in [6.07, 6.45) is 9.77. The predicted molar refractivity (Wildman–Crippen MR) is 83.1 cm³/mol. The van der Waals surface area contributed by atoms with Gasteiger partial charge in [0.1, 0.15) is 0 Å². The van der Waals surface area contributed by atoms with Gasteiger partial charge in [-0.25, -0.2) is 4.79 Å².